The highest BCUT2D eigenvalue weighted by Crippen LogP contribution is 2.39. The molecule has 0 radical (unpaired) electrons. The molecule has 25 heavy (non-hydrogen) atoms. The summed E-state index contributed by atoms with van der Waals surface area (Å²) in [5, 5.41) is 19.6. The van der Waals surface area contributed by atoms with Crippen LogP contribution < -0.4 is 9.64 Å². The average Bonchev–Trinajstić information content (AvgIpc) is 3.08. The number of morpholine rings is 1. The third-order valence-electron chi connectivity index (χ3n) is 4.39. The van der Waals surface area contributed by atoms with Gasteiger partial charge < -0.3 is 29.6 Å². The van der Waals surface area contributed by atoms with Gasteiger partial charge >= 0.3 is 0 Å². The van der Waals surface area contributed by atoms with Crippen molar-refractivity contribution in [1.82, 2.24) is 9.97 Å². The molecule has 0 amide bonds. The summed E-state index contributed by atoms with van der Waals surface area (Å²) in [7, 11) is 1.44. The standard InChI is InChI=1S/C18H19N3O4/c1-24-16-9-11(8-15(22)17(16)23)18-19-13-3-2-12(10-14(13)20-18)21-4-6-25-7-5-21/h2-3,8-10,22-23H,4-7H2,1H3,(H,19,20). The topological polar surface area (TPSA) is 90.8 Å². The van der Waals surface area contributed by atoms with Gasteiger partial charge in [-0.15, -0.1) is 0 Å². The number of rotatable bonds is 3. The van der Waals surface area contributed by atoms with Crippen LogP contribution in [-0.4, -0.2) is 53.6 Å². The van der Waals surface area contributed by atoms with E-state index in [0.717, 1.165) is 43.0 Å². The molecule has 1 aliphatic heterocycles. The zero-order chi connectivity index (χ0) is 17.4. The van der Waals surface area contributed by atoms with Crippen molar-refractivity contribution in [3.05, 3.63) is 30.3 Å². The van der Waals surface area contributed by atoms with E-state index in [0.29, 0.717) is 11.4 Å². The summed E-state index contributed by atoms with van der Waals surface area (Å²) < 4.78 is 10.5. The predicted molar refractivity (Wildman–Crippen MR) is 94.4 cm³/mol. The lowest BCUT2D eigenvalue weighted by Crippen LogP contribution is -2.36. The number of anilines is 1. The molecular formula is C18H19N3O4. The fraction of sp³-hybridized carbons (Fsp3) is 0.278. The summed E-state index contributed by atoms with van der Waals surface area (Å²) in [5.74, 6) is 0.271. The van der Waals surface area contributed by atoms with Gasteiger partial charge in [0.1, 0.15) is 5.82 Å². The van der Waals surface area contributed by atoms with Crippen LogP contribution in [0.5, 0.6) is 17.2 Å². The highest BCUT2D eigenvalue weighted by molar-refractivity contribution is 5.83. The first-order chi connectivity index (χ1) is 12.2. The lowest BCUT2D eigenvalue weighted by molar-refractivity contribution is 0.122. The first-order valence-corrected chi connectivity index (χ1v) is 8.08. The van der Waals surface area contributed by atoms with E-state index in [2.05, 4.69) is 20.9 Å². The smallest absolute Gasteiger partial charge is 0.200 e. The lowest BCUT2D eigenvalue weighted by Gasteiger charge is -2.28. The van der Waals surface area contributed by atoms with E-state index >= 15 is 0 Å². The number of H-pyrrole nitrogens is 1. The highest BCUT2D eigenvalue weighted by Gasteiger charge is 2.15. The SMILES string of the molecule is COc1cc(-c2nc3ccc(N4CCOCC4)cc3[nH]2)cc(O)c1O. The Kier molecular flexibility index (Phi) is 3.85. The molecular weight excluding hydrogens is 322 g/mol. The molecule has 2 heterocycles. The number of hydrogen-bond acceptors (Lipinski definition) is 6. The summed E-state index contributed by atoms with van der Waals surface area (Å²) in [6.45, 7) is 3.21. The van der Waals surface area contributed by atoms with Crippen LogP contribution >= 0.6 is 0 Å². The maximum Gasteiger partial charge on any atom is 0.200 e. The van der Waals surface area contributed by atoms with Crippen molar-refractivity contribution < 1.29 is 19.7 Å². The van der Waals surface area contributed by atoms with E-state index in [1.54, 1.807) is 6.07 Å². The summed E-state index contributed by atoms with van der Waals surface area (Å²) in [5.41, 5.74) is 3.50. The average molecular weight is 341 g/mol. The van der Waals surface area contributed by atoms with Gasteiger partial charge in [0.2, 0.25) is 5.75 Å². The maximum absolute atomic E-state index is 9.87. The Morgan fingerprint density at radius 1 is 1.16 bits per heavy atom. The number of phenolic OH excluding ortho intramolecular Hbond substituents is 2. The first-order valence-electron chi connectivity index (χ1n) is 8.08. The zero-order valence-corrected chi connectivity index (χ0v) is 13.8. The number of aromatic amines is 1. The molecule has 4 rings (SSSR count). The molecule has 130 valence electrons. The van der Waals surface area contributed by atoms with Crippen molar-refractivity contribution in [3.8, 4) is 28.6 Å². The summed E-state index contributed by atoms with van der Waals surface area (Å²) in [4.78, 5) is 10.1. The quantitative estimate of drug-likeness (QED) is 0.634. The molecule has 1 fully saturated rings. The number of nitrogens with zero attached hydrogens (tertiary/aromatic N) is 2. The number of benzene rings is 2. The molecule has 0 spiro atoms. The minimum Gasteiger partial charge on any atom is -0.504 e. The second kappa shape index (κ2) is 6.18. The van der Waals surface area contributed by atoms with Gasteiger partial charge in [-0.2, -0.15) is 0 Å². The van der Waals surface area contributed by atoms with Crippen LogP contribution in [0.25, 0.3) is 22.4 Å². The molecule has 7 nitrogen and oxygen atoms in total. The van der Waals surface area contributed by atoms with Crippen molar-refractivity contribution in [1.29, 1.82) is 0 Å². The fourth-order valence-electron chi connectivity index (χ4n) is 3.04. The van der Waals surface area contributed by atoms with Crippen LogP contribution in [0.2, 0.25) is 0 Å². The first kappa shape index (κ1) is 15.6. The van der Waals surface area contributed by atoms with Gasteiger partial charge in [-0.3, -0.25) is 0 Å². The number of phenols is 2. The molecule has 1 saturated heterocycles. The van der Waals surface area contributed by atoms with Gasteiger partial charge in [-0.25, -0.2) is 4.98 Å². The number of aromatic nitrogens is 2. The molecule has 7 heteroatoms. The third kappa shape index (κ3) is 2.83. The van der Waals surface area contributed by atoms with E-state index < -0.39 is 0 Å². The Morgan fingerprint density at radius 2 is 1.96 bits per heavy atom. The van der Waals surface area contributed by atoms with E-state index in [9.17, 15) is 10.2 Å². The van der Waals surface area contributed by atoms with Crippen LogP contribution in [0, 0.1) is 0 Å². The van der Waals surface area contributed by atoms with Gasteiger partial charge in [0, 0.05) is 24.3 Å². The molecule has 3 aromatic rings. The Bertz CT molecular complexity index is 916. The van der Waals surface area contributed by atoms with Crippen molar-refractivity contribution in [2.45, 2.75) is 0 Å². The second-order valence-electron chi connectivity index (χ2n) is 5.93. The molecule has 1 aromatic heterocycles. The highest BCUT2D eigenvalue weighted by atomic mass is 16.5. The van der Waals surface area contributed by atoms with E-state index in [1.807, 2.05) is 12.1 Å². The predicted octanol–water partition coefficient (Wildman–Crippen LogP) is 2.49. The number of methoxy groups -OCH3 is 1. The van der Waals surface area contributed by atoms with Crippen molar-refractivity contribution in [3.63, 3.8) is 0 Å². The van der Waals surface area contributed by atoms with E-state index in [-0.39, 0.29) is 17.2 Å². The van der Waals surface area contributed by atoms with Crippen molar-refractivity contribution in [2.24, 2.45) is 0 Å². The minimum absolute atomic E-state index is 0.199. The van der Waals surface area contributed by atoms with Crippen LogP contribution in [-0.2, 0) is 4.74 Å². The molecule has 0 bridgehead atoms. The molecule has 2 aromatic carbocycles. The monoisotopic (exact) mass is 341 g/mol. The van der Waals surface area contributed by atoms with E-state index in [4.69, 9.17) is 9.47 Å². The number of hydrogen-bond donors (Lipinski definition) is 3. The summed E-state index contributed by atoms with van der Waals surface area (Å²) in [6, 6.07) is 9.17. The summed E-state index contributed by atoms with van der Waals surface area (Å²) in [6.07, 6.45) is 0. The van der Waals surface area contributed by atoms with Gasteiger partial charge in [-0.05, 0) is 30.3 Å². The van der Waals surface area contributed by atoms with Gasteiger partial charge in [0.15, 0.2) is 11.5 Å². The minimum atomic E-state index is -0.281. The molecule has 0 aliphatic carbocycles. The van der Waals surface area contributed by atoms with Crippen LogP contribution in [0.4, 0.5) is 5.69 Å². The van der Waals surface area contributed by atoms with Crippen molar-refractivity contribution >= 4 is 16.7 Å². The number of aromatic hydroxyl groups is 2. The Balaban J connectivity index is 1.73. The van der Waals surface area contributed by atoms with Gasteiger partial charge in [0.05, 0.1) is 31.4 Å². The molecule has 0 atom stereocenters. The fourth-order valence-corrected chi connectivity index (χ4v) is 3.04. The van der Waals surface area contributed by atoms with Crippen molar-refractivity contribution in [2.75, 3.05) is 38.3 Å². The lowest BCUT2D eigenvalue weighted by atomic mass is 10.1. The van der Waals surface area contributed by atoms with Gasteiger partial charge in [0.25, 0.3) is 0 Å². The maximum atomic E-state index is 9.87. The number of nitrogens with one attached hydrogen (secondary N) is 1. The zero-order valence-electron chi connectivity index (χ0n) is 13.8. The Morgan fingerprint density at radius 3 is 2.72 bits per heavy atom. The Labute approximate surface area is 144 Å². The molecule has 3 N–H and O–H groups in total. The van der Waals surface area contributed by atoms with Crippen LogP contribution in [0.15, 0.2) is 30.3 Å². The van der Waals surface area contributed by atoms with E-state index in [1.165, 1.54) is 13.2 Å². The third-order valence-corrected chi connectivity index (χ3v) is 4.39. The largest absolute Gasteiger partial charge is 0.504 e. The van der Waals surface area contributed by atoms with Crippen LogP contribution in [0.3, 0.4) is 0 Å². The normalized spacial score (nSPS) is 14.8. The number of fused-ring (bicyclic) bond motifs is 1. The summed E-state index contributed by atoms with van der Waals surface area (Å²) >= 11 is 0. The van der Waals surface area contributed by atoms with Crippen LogP contribution in [0.1, 0.15) is 0 Å². The molecule has 1 aliphatic rings. The molecule has 0 unspecified atom stereocenters. The second-order valence-corrected chi connectivity index (χ2v) is 5.93. The number of imidazole rings is 1. The Hall–Kier alpha value is -2.93. The number of ether oxygens (including phenoxy) is 2. The molecule has 0 saturated carbocycles. The van der Waals surface area contributed by atoms with Gasteiger partial charge in [-0.1, -0.05) is 0 Å².